The zero-order valence-electron chi connectivity index (χ0n) is 13.9. The summed E-state index contributed by atoms with van der Waals surface area (Å²) in [6.45, 7) is 5.76. The molecular weight excluding hydrogens is 312 g/mol. The highest BCUT2D eigenvalue weighted by Gasteiger charge is 2.40. The lowest BCUT2D eigenvalue weighted by atomic mass is 10.2. The number of sulfonamides is 1. The average molecular weight is 338 g/mol. The fourth-order valence-corrected chi connectivity index (χ4v) is 4.66. The maximum atomic E-state index is 12.8. The highest BCUT2D eigenvalue weighted by molar-refractivity contribution is 7.89. The number of carbonyl (C=O) groups excluding carboxylic acids is 1. The molecule has 1 fully saturated rings. The van der Waals surface area contributed by atoms with Gasteiger partial charge in [-0.3, -0.25) is 4.79 Å². The van der Waals surface area contributed by atoms with Crippen molar-refractivity contribution in [2.75, 3.05) is 19.6 Å². The summed E-state index contributed by atoms with van der Waals surface area (Å²) in [5.41, 5.74) is 0. The Bertz CT molecular complexity index is 616. The van der Waals surface area contributed by atoms with Crippen molar-refractivity contribution in [2.24, 2.45) is 0 Å². The van der Waals surface area contributed by atoms with Crippen LogP contribution in [0.4, 0.5) is 0 Å². The molecule has 23 heavy (non-hydrogen) atoms. The van der Waals surface area contributed by atoms with Crippen molar-refractivity contribution in [2.45, 2.75) is 50.5 Å². The molecule has 1 saturated heterocycles. The second-order valence-electron chi connectivity index (χ2n) is 5.86. The van der Waals surface area contributed by atoms with Gasteiger partial charge < -0.3 is 4.90 Å². The number of likely N-dealkylation sites (N-methyl/N-ethyl adjacent to an activating group) is 1. The maximum absolute atomic E-state index is 12.8. The summed E-state index contributed by atoms with van der Waals surface area (Å²) in [7, 11) is -3.61. The van der Waals surface area contributed by atoms with Crippen LogP contribution in [-0.4, -0.2) is 49.2 Å². The Hall–Kier alpha value is -1.40. The second kappa shape index (κ2) is 7.93. The zero-order chi connectivity index (χ0) is 16.9. The molecule has 1 heterocycles. The molecule has 6 heteroatoms. The number of benzene rings is 1. The van der Waals surface area contributed by atoms with Gasteiger partial charge in [-0.2, -0.15) is 4.31 Å². The van der Waals surface area contributed by atoms with E-state index in [2.05, 4.69) is 6.92 Å². The van der Waals surface area contributed by atoms with Crippen molar-refractivity contribution in [3.8, 4) is 0 Å². The van der Waals surface area contributed by atoms with E-state index in [9.17, 15) is 13.2 Å². The monoisotopic (exact) mass is 338 g/mol. The van der Waals surface area contributed by atoms with Crippen LogP contribution in [0.1, 0.15) is 39.5 Å². The Balaban J connectivity index is 2.21. The summed E-state index contributed by atoms with van der Waals surface area (Å²) in [5.74, 6) is -0.0574. The molecule has 128 valence electrons. The average Bonchev–Trinajstić information content (AvgIpc) is 3.06. The van der Waals surface area contributed by atoms with E-state index in [4.69, 9.17) is 0 Å². The predicted octanol–water partition coefficient (Wildman–Crippen LogP) is 2.49. The largest absolute Gasteiger partial charge is 0.342 e. The minimum atomic E-state index is -3.61. The molecule has 0 saturated carbocycles. The zero-order valence-corrected chi connectivity index (χ0v) is 14.8. The van der Waals surface area contributed by atoms with Gasteiger partial charge in [0.15, 0.2) is 0 Å². The van der Waals surface area contributed by atoms with Crippen molar-refractivity contribution in [3.05, 3.63) is 30.3 Å². The van der Waals surface area contributed by atoms with E-state index >= 15 is 0 Å². The molecule has 0 aromatic heterocycles. The molecule has 1 aromatic carbocycles. The van der Waals surface area contributed by atoms with Gasteiger partial charge in [-0.1, -0.05) is 31.5 Å². The van der Waals surface area contributed by atoms with Crippen LogP contribution in [0, 0.1) is 0 Å². The lowest BCUT2D eigenvalue weighted by Crippen LogP contribution is -2.47. The summed E-state index contributed by atoms with van der Waals surface area (Å²) < 4.78 is 27.0. The Kier molecular flexibility index (Phi) is 6.18. The van der Waals surface area contributed by atoms with Gasteiger partial charge in [0, 0.05) is 19.6 Å². The lowest BCUT2D eigenvalue weighted by Gasteiger charge is -2.29. The molecule has 1 amide bonds. The summed E-state index contributed by atoms with van der Waals surface area (Å²) in [6.07, 6.45) is 3.29. The molecule has 0 radical (unpaired) electrons. The summed E-state index contributed by atoms with van der Waals surface area (Å²) >= 11 is 0. The molecule has 1 unspecified atom stereocenters. The third-order valence-corrected chi connectivity index (χ3v) is 6.24. The number of hydrogen-bond acceptors (Lipinski definition) is 3. The van der Waals surface area contributed by atoms with Crippen molar-refractivity contribution < 1.29 is 13.2 Å². The van der Waals surface area contributed by atoms with Gasteiger partial charge in [0.25, 0.3) is 0 Å². The molecule has 1 aliphatic heterocycles. The summed E-state index contributed by atoms with van der Waals surface area (Å²) in [6, 6.07) is 7.82. The normalized spacial score (nSPS) is 19.0. The van der Waals surface area contributed by atoms with Crippen LogP contribution in [0.2, 0.25) is 0 Å². The first-order valence-electron chi connectivity index (χ1n) is 8.38. The molecule has 0 bridgehead atoms. The minimum Gasteiger partial charge on any atom is -0.342 e. The van der Waals surface area contributed by atoms with E-state index in [0.29, 0.717) is 26.1 Å². The fourth-order valence-electron chi connectivity index (χ4n) is 2.99. The van der Waals surface area contributed by atoms with Gasteiger partial charge in [-0.05, 0) is 38.3 Å². The third kappa shape index (κ3) is 3.93. The standard InChI is InChI=1S/C17H26N2O3S/c1-3-5-13-18(4-2)17(20)16-12-9-14-19(16)23(21,22)15-10-7-6-8-11-15/h6-8,10-11,16H,3-5,9,12-14H2,1-2H3. The van der Waals surface area contributed by atoms with E-state index < -0.39 is 16.1 Å². The number of rotatable bonds is 7. The van der Waals surface area contributed by atoms with E-state index in [1.54, 1.807) is 35.2 Å². The SMILES string of the molecule is CCCCN(CC)C(=O)C1CCCN1S(=O)(=O)c1ccccc1. The van der Waals surface area contributed by atoms with Crippen LogP contribution in [0.3, 0.4) is 0 Å². The van der Waals surface area contributed by atoms with Crippen molar-refractivity contribution in [1.29, 1.82) is 0 Å². The summed E-state index contributed by atoms with van der Waals surface area (Å²) in [5, 5.41) is 0. The quantitative estimate of drug-likeness (QED) is 0.767. The topological polar surface area (TPSA) is 57.7 Å². The number of nitrogens with zero attached hydrogens (tertiary/aromatic N) is 2. The molecule has 1 atom stereocenters. The first kappa shape index (κ1) is 17.9. The molecule has 1 aromatic rings. The molecule has 1 aliphatic rings. The van der Waals surface area contributed by atoms with Crippen LogP contribution in [-0.2, 0) is 14.8 Å². The Labute approximate surface area is 139 Å². The van der Waals surface area contributed by atoms with Crippen LogP contribution < -0.4 is 0 Å². The van der Waals surface area contributed by atoms with E-state index in [1.807, 2.05) is 6.92 Å². The van der Waals surface area contributed by atoms with Crippen LogP contribution in [0.25, 0.3) is 0 Å². The molecular formula is C17H26N2O3S. The smallest absolute Gasteiger partial charge is 0.243 e. The van der Waals surface area contributed by atoms with Crippen LogP contribution >= 0.6 is 0 Å². The number of carbonyl (C=O) groups is 1. The van der Waals surface area contributed by atoms with Gasteiger partial charge in [-0.25, -0.2) is 8.42 Å². The number of unbranched alkanes of at least 4 members (excludes halogenated alkanes) is 1. The van der Waals surface area contributed by atoms with E-state index in [0.717, 1.165) is 19.3 Å². The van der Waals surface area contributed by atoms with Gasteiger partial charge in [0.1, 0.15) is 6.04 Å². The number of amides is 1. The van der Waals surface area contributed by atoms with Gasteiger partial charge in [0.2, 0.25) is 15.9 Å². The lowest BCUT2D eigenvalue weighted by molar-refractivity contribution is -0.134. The Morgan fingerprint density at radius 3 is 2.57 bits per heavy atom. The first-order valence-corrected chi connectivity index (χ1v) is 9.82. The molecule has 0 spiro atoms. The maximum Gasteiger partial charge on any atom is 0.243 e. The van der Waals surface area contributed by atoms with E-state index in [1.165, 1.54) is 4.31 Å². The second-order valence-corrected chi connectivity index (χ2v) is 7.75. The van der Waals surface area contributed by atoms with Crippen LogP contribution in [0.5, 0.6) is 0 Å². The molecule has 0 aliphatic carbocycles. The Morgan fingerprint density at radius 1 is 1.26 bits per heavy atom. The fraction of sp³-hybridized carbons (Fsp3) is 0.588. The van der Waals surface area contributed by atoms with Gasteiger partial charge >= 0.3 is 0 Å². The van der Waals surface area contributed by atoms with Crippen molar-refractivity contribution >= 4 is 15.9 Å². The van der Waals surface area contributed by atoms with Gasteiger partial charge in [-0.15, -0.1) is 0 Å². The number of hydrogen-bond donors (Lipinski definition) is 0. The molecule has 2 rings (SSSR count). The molecule has 5 nitrogen and oxygen atoms in total. The van der Waals surface area contributed by atoms with Crippen molar-refractivity contribution in [3.63, 3.8) is 0 Å². The van der Waals surface area contributed by atoms with E-state index in [-0.39, 0.29) is 10.8 Å². The van der Waals surface area contributed by atoms with Crippen molar-refractivity contribution in [1.82, 2.24) is 9.21 Å². The minimum absolute atomic E-state index is 0.0574. The highest BCUT2D eigenvalue weighted by Crippen LogP contribution is 2.27. The highest BCUT2D eigenvalue weighted by atomic mass is 32.2. The third-order valence-electron chi connectivity index (χ3n) is 4.31. The van der Waals surface area contributed by atoms with Gasteiger partial charge in [0.05, 0.1) is 4.90 Å². The Morgan fingerprint density at radius 2 is 1.96 bits per heavy atom. The summed E-state index contributed by atoms with van der Waals surface area (Å²) in [4.78, 5) is 14.8. The predicted molar refractivity (Wildman–Crippen MR) is 90.5 cm³/mol. The molecule has 0 N–H and O–H groups in total. The first-order chi connectivity index (χ1) is 11.0. The van der Waals surface area contributed by atoms with Crippen LogP contribution in [0.15, 0.2) is 35.2 Å².